The van der Waals surface area contributed by atoms with Crippen LogP contribution in [0.3, 0.4) is 0 Å². The molecule has 18 heavy (non-hydrogen) atoms. The molecule has 0 aliphatic heterocycles. The lowest BCUT2D eigenvalue weighted by molar-refractivity contribution is 0.0946. The van der Waals surface area contributed by atoms with Crippen molar-refractivity contribution in [2.45, 2.75) is 19.4 Å². The third-order valence-corrected chi connectivity index (χ3v) is 2.56. The van der Waals surface area contributed by atoms with Gasteiger partial charge in [-0.3, -0.25) is 4.79 Å². The Labute approximate surface area is 121 Å². The zero-order chi connectivity index (χ0) is 13.2. The van der Waals surface area contributed by atoms with E-state index >= 15 is 0 Å². The summed E-state index contributed by atoms with van der Waals surface area (Å²) in [5.41, 5.74) is 5.20. The Morgan fingerprint density at radius 3 is 2.44 bits per heavy atom. The summed E-state index contributed by atoms with van der Waals surface area (Å²) in [4.78, 5) is 11.7. The number of nitrogens with one attached hydrogen (secondary N) is 1. The van der Waals surface area contributed by atoms with Gasteiger partial charge in [0.2, 0.25) is 0 Å². The molecule has 0 aliphatic rings. The van der Waals surface area contributed by atoms with Crippen molar-refractivity contribution in [3.8, 4) is 0 Å². The highest BCUT2D eigenvalue weighted by Crippen LogP contribution is 2.24. The van der Waals surface area contributed by atoms with Gasteiger partial charge in [0.05, 0.1) is 15.6 Å². The summed E-state index contributed by atoms with van der Waals surface area (Å²) in [6, 6.07) is 2.20. The smallest absolute Gasteiger partial charge is 0.252 e. The molecule has 102 valence electrons. The molecule has 0 fully saturated rings. The van der Waals surface area contributed by atoms with E-state index in [0.29, 0.717) is 0 Å². The highest BCUT2D eigenvalue weighted by Gasteiger charge is 2.17. The molecule has 1 aromatic carbocycles. The molecule has 7 heteroatoms. The van der Waals surface area contributed by atoms with Gasteiger partial charge in [-0.05, 0) is 26.0 Å². The van der Waals surface area contributed by atoms with Crippen molar-refractivity contribution in [2.75, 3.05) is 6.54 Å². The van der Waals surface area contributed by atoms with Crippen molar-refractivity contribution in [1.82, 2.24) is 5.32 Å². The Morgan fingerprint density at radius 1 is 1.39 bits per heavy atom. The maximum Gasteiger partial charge on any atom is 0.252 e. The van der Waals surface area contributed by atoms with Gasteiger partial charge in [-0.25, -0.2) is 4.39 Å². The first kappa shape index (κ1) is 17.4. The van der Waals surface area contributed by atoms with Crippen LogP contribution in [-0.4, -0.2) is 18.0 Å². The SMILES string of the molecule is CC(C)(N)CNC(=O)c1cc(F)c(Cl)cc1Cl.Cl. The van der Waals surface area contributed by atoms with Crippen molar-refractivity contribution in [2.24, 2.45) is 5.73 Å². The number of halogens is 4. The number of nitrogens with two attached hydrogens (primary N) is 1. The molecule has 1 rings (SSSR count). The number of benzene rings is 1. The molecule has 0 heterocycles. The van der Waals surface area contributed by atoms with Crippen molar-refractivity contribution >= 4 is 41.5 Å². The Balaban J connectivity index is 0.00000289. The second-order valence-corrected chi connectivity index (χ2v) is 5.23. The van der Waals surface area contributed by atoms with Crippen LogP contribution in [0.4, 0.5) is 4.39 Å². The Morgan fingerprint density at radius 2 is 1.94 bits per heavy atom. The van der Waals surface area contributed by atoms with Gasteiger partial charge in [0, 0.05) is 12.1 Å². The third-order valence-electron chi connectivity index (χ3n) is 1.96. The first-order chi connectivity index (χ1) is 7.70. The van der Waals surface area contributed by atoms with E-state index in [9.17, 15) is 9.18 Å². The van der Waals surface area contributed by atoms with Crippen LogP contribution in [0.15, 0.2) is 12.1 Å². The standard InChI is InChI=1S/C11H13Cl2FN2O.ClH/c1-11(2,15)5-16-10(17)6-3-9(14)8(13)4-7(6)12;/h3-4H,5,15H2,1-2H3,(H,16,17);1H. The highest BCUT2D eigenvalue weighted by atomic mass is 35.5. The molecule has 0 atom stereocenters. The molecule has 3 N–H and O–H groups in total. The lowest BCUT2D eigenvalue weighted by Crippen LogP contribution is -2.45. The summed E-state index contributed by atoms with van der Waals surface area (Å²) in [6.45, 7) is 3.78. The average Bonchev–Trinajstić information content (AvgIpc) is 2.19. The minimum Gasteiger partial charge on any atom is -0.350 e. The van der Waals surface area contributed by atoms with Gasteiger partial charge in [-0.1, -0.05) is 23.2 Å². The topological polar surface area (TPSA) is 55.1 Å². The van der Waals surface area contributed by atoms with Gasteiger partial charge in [-0.2, -0.15) is 0 Å². The molecule has 0 radical (unpaired) electrons. The van der Waals surface area contributed by atoms with Crippen LogP contribution in [-0.2, 0) is 0 Å². The van der Waals surface area contributed by atoms with E-state index < -0.39 is 17.3 Å². The summed E-state index contributed by atoms with van der Waals surface area (Å²) in [5.74, 6) is -1.17. The van der Waals surface area contributed by atoms with Crippen LogP contribution in [0, 0.1) is 5.82 Å². The normalized spacial score (nSPS) is 10.8. The number of hydrogen-bond donors (Lipinski definition) is 2. The third kappa shape index (κ3) is 4.98. The molecule has 0 aliphatic carbocycles. The predicted octanol–water partition coefficient (Wildman–Crippen LogP) is 3.02. The van der Waals surface area contributed by atoms with Gasteiger partial charge in [0.25, 0.3) is 5.91 Å². The Kier molecular flexibility index (Phi) is 6.37. The van der Waals surface area contributed by atoms with E-state index in [0.717, 1.165) is 6.07 Å². The maximum absolute atomic E-state index is 13.2. The molecule has 0 unspecified atom stereocenters. The summed E-state index contributed by atoms with van der Waals surface area (Å²) in [7, 11) is 0. The molecular weight excluding hydrogens is 301 g/mol. The summed E-state index contributed by atoms with van der Waals surface area (Å²) >= 11 is 11.3. The minimum absolute atomic E-state index is 0. The molecule has 0 spiro atoms. The maximum atomic E-state index is 13.2. The molecule has 0 saturated heterocycles. The van der Waals surface area contributed by atoms with E-state index in [2.05, 4.69) is 5.32 Å². The van der Waals surface area contributed by atoms with Crippen LogP contribution in [0.5, 0.6) is 0 Å². The highest BCUT2D eigenvalue weighted by molar-refractivity contribution is 6.36. The van der Waals surface area contributed by atoms with Crippen LogP contribution in [0.2, 0.25) is 10.0 Å². The second-order valence-electron chi connectivity index (χ2n) is 4.42. The van der Waals surface area contributed by atoms with Crippen LogP contribution < -0.4 is 11.1 Å². The number of carbonyl (C=O) groups is 1. The number of carbonyl (C=O) groups excluding carboxylic acids is 1. The molecule has 0 aromatic heterocycles. The molecule has 0 saturated carbocycles. The van der Waals surface area contributed by atoms with E-state index in [1.54, 1.807) is 13.8 Å². The number of hydrogen-bond acceptors (Lipinski definition) is 2. The predicted molar refractivity (Wildman–Crippen MR) is 74.3 cm³/mol. The fourth-order valence-corrected chi connectivity index (χ4v) is 1.57. The number of rotatable bonds is 3. The average molecular weight is 316 g/mol. The largest absolute Gasteiger partial charge is 0.350 e. The molecule has 0 bridgehead atoms. The van der Waals surface area contributed by atoms with E-state index in [1.807, 2.05) is 0 Å². The molecule has 3 nitrogen and oxygen atoms in total. The zero-order valence-electron chi connectivity index (χ0n) is 9.89. The van der Waals surface area contributed by atoms with E-state index in [4.69, 9.17) is 28.9 Å². The molecule has 1 aromatic rings. The van der Waals surface area contributed by atoms with Crippen molar-refractivity contribution in [1.29, 1.82) is 0 Å². The fraction of sp³-hybridized carbons (Fsp3) is 0.364. The van der Waals surface area contributed by atoms with Gasteiger partial charge < -0.3 is 11.1 Å². The summed E-state index contributed by atoms with van der Waals surface area (Å²) in [5, 5.41) is 2.55. The molecular formula is C11H14Cl3FN2O. The fourth-order valence-electron chi connectivity index (χ4n) is 1.10. The van der Waals surface area contributed by atoms with Gasteiger partial charge in [0.15, 0.2) is 0 Å². The van der Waals surface area contributed by atoms with Crippen molar-refractivity contribution in [3.05, 3.63) is 33.6 Å². The second kappa shape index (κ2) is 6.57. The van der Waals surface area contributed by atoms with Gasteiger partial charge in [0.1, 0.15) is 5.82 Å². The summed E-state index contributed by atoms with van der Waals surface area (Å²) < 4.78 is 13.2. The van der Waals surface area contributed by atoms with Crippen molar-refractivity contribution in [3.63, 3.8) is 0 Å². The van der Waals surface area contributed by atoms with Crippen LogP contribution >= 0.6 is 35.6 Å². The first-order valence-corrected chi connectivity index (χ1v) is 5.68. The number of amides is 1. The zero-order valence-corrected chi connectivity index (χ0v) is 12.2. The van der Waals surface area contributed by atoms with Gasteiger partial charge in [-0.15, -0.1) is 12.4 Å². The molecule has 1 amide bonds. The monoisotopic (exact) mass is 314 g/mol. The van der Waals surface area contributed by atoms with Crippen molar-refractivity contribution < 1.29 is 9.18 Å². The van der Waals surface area contributed by atoms with E-state index in [1.165, 1.54) is 6.07 Å². The Bertz CT molecular complexity index is 447. The van der Waals surface area contributed by atoms with Gasteiger partial charge >= 0.3 is 0 Å². The lowest BCUT2D eigenvalue weighted by Gasteiger charge is -2.19. The van der Waals surface area contributed by atoms with Crippen LogP contribution in [0.1, 0.15) is 24.2 Å². The quantitative estimate of drug-likeness (QED) is 0.842. The lowest BCUT2D eigenvalue weighted by atomic mass is 10.1. The van der Waals surface area contributed by atoms with E-state index in [-0.39, 0.29) is 34.6 Å². The first-order valence-electron chi connectivity index (χ1n) is 4.92. The Hall–Kier alpha value is -0.550. The van der Waals surface area contributed by atoms with Crippen LogP contribution in [0.25, 0.3) is 0 Å². The summed E-state index contributed by atoms with van der Waals surface area (Å²) in [6.07, 6.45) is 0. The minimum atomic E-state index is -0.687.